The van der Waals surface area contributed by atoms with Gasteiger partial charge in [-0.25, -0.2) is 0 Å². The average molecular weight is 340 g/mol. The highest BCUT2D eigenvalue weighted by Crippen LogP contribution is 2.64. The number of nitrogens with one attached hydrogen (secondary N) is 1. The van der Waals surface area contributed by atoms with Gasteiger partial charge < -0.3 is 5.32 Å². The van der Waals surface area contributed by atoms with E-state index in [9.17, 15) is 4.79 Å². The molecule has 0 heterocycles. The number of halogens is 1. The van der Waals surface area contributed by atoms with Crippen LogP contribution in [0.5, 0.6) is 0 Å². The lowest BCUT2D eigenvalue weighted by molar-refractivity contribution is -0.145. The van der Waals surface area contributed by atoms with Crippen molar-refractivity contribution >= 4 is 21.8 Å². The first-order valence-electron chi connectivity index (χ1n) is 8.57. The fraction of sp³-hybridized carbons (Fsp3) is 0.941. The Morgan fingerprint density at radius 1 is 1.00 bits per heavy atom. The summed E-state index contributed by atoms with van der Waals surface area (Å²) in [5.41, 5.74) is -0.0228. The molecule has 0 saturated heterocycles. The van der Waals surface area contributed by atoms with E-state index in [1.54, 1.807) is 0 Å². The van der Waals surface area contributed by atoms with E-state index < -0.39 is 0 Å². The van der Waals surface area contributed by atoms with Crippen molar-refractivity contribution in [1.82, 2.24) is 5.32 Å². The van der Waals surface area contributed by atoms with Crippen LogP contribution in [0, 0.1) is 17.3 Å². The highest BCUT2D eigenvalue weighted by molar-refractivity contribution is 9.10. The second kappa shape index (κ2) is 4.72. The summed E-state index contributed by atoms with van der Waals surface area (Å²) in [6, 6.07) is 0.468. The summed E-state index contributed by atoms with van der Waals surface area (Å²) in [4.78, 5) is 13.0. The van der Waals surface area contributed by atoms with Gasteiger partial charge in [-0.1, -0.05) is 35.2 Å². The summed E-state index contributed by atoms with van der Waals surface area (Å²) >= 11 is 4.01. The molecule has 4 atom stereocenters. The van der Waals surface area contributed by atoms with Gasteiger partial charge in [0.25, 0.3) is 0 Å². The van der Waals surface area contributed by atoms with E-state index in [0.29, 0.717) is 16.3 Å². The van der Waals surface area contributed by atoms with Crippen molar-refractivity contribution in [2.24, 2.45) is 17.3 Å². The summed E-state index contributed by atoms with van der Waals surface area (Å²) in [6.45, 7) is 0. The quantitative estimate of drug-likeness (QED) is 0.751. The van der Waals surface area contributed by atoms with Crippen LogP contribution < -0.4 is 5.32 Å². The zero-order valence-corrected chi connectivity index (χ0v) is 13.9. The Labute approximate surface area is 130 Å². The standard InChI is InChI=1S/C17H26BrNO/c18-17-9-12-6-13(10-17)8-16(7-12,11-17)15(20)19-14-4-2-1-3-5-14/h12-14H,1-11H2,(H,19,20)/t12-,13+,16?,17?. The van der Waals surface area contributed by atoms with Crippen molar-refractivity contribution in [2.75, 3.05) is 0 Å². The Morgan fingerprint density at radius 2 is 1.65 bits per heavy atom. The molecule has 0 aliphatic heterocycles. The molecule has 5 saturated carbocycles. The van der Waals surface area contributed by atoms with Crippen molar-refractivity contribution < 1.29 is 4.79 Å². The van der Waals surface area contributed by atoms with Gasteiger partial charge in [-0.05, 0) is 63.2 Å². The van der Waals surface area contributed by atoms with Crippen molar-refractivity contribution in [3.63, 3.8) is 0 Å². The molecular weight excluding hydrogens is 314 g/mol. The van der Waals surface area contributed by atoms with Gasteiger partial charge in [0.15, 0.2) is 0 Å². The van der Waals surface area contributed by atoms with Crippen LogP contribution in [0.15, 0.2) is 0 Å². The Kier molecular flexibility index (Phi) is 3.21. The molecule has 1 amide bonds. The predicted octanol–water partition coefficient (Wildman–Crippen LogP) is 4.17. The number of alkyl halides is 1. The maximum Gasteiger partial charge on any atom is 0.226 e. The third-order valence-corrected chi connectivity index (χ3v) is 7.34. The van der Waals surface area contributed by atoms with Crippen LogP contribution in [-0.4, -0.2) is 16.3 Å². The third kappa shape index (κ3) is 2.24. The minimum Gasteiger partial charge on any atom is -0.353 e. The SMILES string of the molecule is O=C(NC1CCCCC1)C12C[C@@H]3C[C@@H](CC(Br)(C3)C1)C2. The minimum absolute atomic E-state index is 0.0228. The normalized spacial score (nSPS) is 47.5. The van der Waals surface area contributed by atoms with E-state index >= 15 is 0 Å². The molecule has 5 rings (SSSR count). The van der Waals surface area contributed by atoms with Gasteiger partial charge in [0, 0.05) is 10.4 Å². The molecule has 0 radical (unpaired) electrons. The molecule has 5 fully saturated rings. The van der Waals surface area contributed by atoms with Crippen molar-refractivity contribution in [2.45, 2.75) is 81.0 Å². The van der Waals surface area contributed by atoms with E-state index in [2.05, 4.69) is 21.2 Å². The van der Waals surface area contributed by atoms with Crippen molar-refractivity contribution in [1.29, 1.82) is 0 Å². The number of rotatable bonds is 2. The first-order chi connectivity index (χ1) is 9.57. The summed E-state index contributed by atoms with van der Waals surface area (Å²) in [6.07, 6.45) is 13.8. The molecule has 1 N–H and O–H groups in total. The molecule has 20 heavy (non-hydrogen) atoms. The minimum atomic E-state index is -0.0228. The lowest BCUT2D eigenvalue weighted by atomic mass is 9.49. The van der Waals surface area contributed by atoms with Gasteiger partial charge in [-0.2, -0.15) is 0 Å². The summed E-state index contributed by atoms with van der Waals surface area (Å²) < 4.78 is 0.293. The molecule has 3 heteroatoms. The van der Waals surface area contributed by atoms with Crippen LogP contribution in [0.1, 0.15) is 70.6 Å². The molecule has 0 aromatic rings. The maximum atomic E-state index is 13.0. The fourth-order valence-electron chi connectivity index (χ4n) is 6.00. The fourth-order valence-corrected chi connectivity index (χ4v) is 7.45. The predicted molar refractivity (Wildman–Crippen MR) is 83.8 cm³/mol. The molecule has 5 aliphatic carbocycles. The van der Waals surface area contributed by atoms with E-state index in [1.165, 1.54) is 51.4 Å². The van der Waals surface area contributed by atoms with Gasteiger partial charge >= 0.3 is 0 Å². The Bertz CT molecular complexity index is 401. The zero-order chi connectivity index (χ0) is 13.8. The summed E-state index contributed by atoms with van der Waals surface area (Å²) in [5.74, 6) is 2.00. The largest absolute Gasteiger partial charge is 0.353 e. The van der Waals surface area contributed by atoms with Crippen LogP contribution in [0.25, 0.3) is 0 Å². The smallest absolute Gasteiger partial charge is 0.226 e. The van der Waals surface area contributed by atoms with Crippen LogP contribution >= 0.6 is 15.9 Å². The van der Waals surface area contributed by atoms with Gasteiger partial charge in [-0.15, -0.1) is 0 Å². The van der Waals surface area contributed by atoms with Crippen LogP contribution in [0.3, 0.4) is 0 Å². The zero-order valence-electron chi connectivity index (χ0n) is 12.3. The molecule has 0 aromatic carbocycles. The first-order valence-corrected chi connectivity index (χ1v) is 9.36. The van der Waals surface area contributed by atoms with Crippen LogP contribution in [0.2, 0.25) is 0 Å². The topological polar surface area (TPSA) is 29.1 Å². The molecular formula is C17H26BrNO. The van der Waals surface area contributed by atoms with Crippen LogP contribution in [-0.2, 0) is 4.79 Å². The molecule has 0 aromatic heterocycles. The van der Waals surface area contributed by atoms with Crippen LogP contribution in [0.4, 0.5) is 0 Å². The number of hydrogen-bond acceptors (Lipinski definition) is 1. The summed E-state index contributed by atoms with van der Waals surface area (Å²) in [5, 5.41) is 3.43. The Morgan fingerprint density at radius 3 is 2.25 bits per heavy atom. The van der Waals surface area contributed by atoms with Crippen molar-refractivity contribution in [3.8, 4) is 0 Å². The Balaban J connectivity index is 1.50. The monoisotopic (exact) mass is 339 g/mol. The Hall–Kier alpha value is -0.0500. The van der Waals surface area contributed by atoms with Gasteiger partial charge in [0.2, 0.25) is 5.91 Å². The molecule has 4 bridgehead atoms. The van der Waals surface area contributed by atoms with Crippen molar-refractivity contribution in [3.05, 3.63) is 0 Å². The van der Waals surface area contributed by atoms with Gasteiger partial charge in [0.1, 0.15) is 0 Å². The summed E-state index contributed by atoms with van der Waals surface area (Å²) in [7, 11) is 0. The van der Waals surface area contributed by atoms with E-state index in [0.717, 1.165) is 31.1 Å². The molecule has 0 spiro atoms. The molecule has 2 unspecified atom stereocenters. The highest BCUT2D eigenvalue weighted by Gasteiger charge is 2.59. The number of amides is 1. The van der Waals surface area contributed by atoms with E-state index in [4.69, 9.17) is 0 Å². The van der Waals surface area contributed by atoms with E-state index in [1.807, 2.05) is 0 Å². The molecule has 5 aliphatic rings. The first kappa shape index (κ1) is 13.6. The lowest BCUT2D eigenvalue weighted by Crippen LogP contribution is -2.59. The lowest BCUT2D eigenvalue weighted by Gasteiger charge is -2.59. The van der Waals surface area contributed by atoms with E-state index in [-0.39, 0.29) is 5.41 Å². The maximum absolute atomic E-state index is 13.0. The number of carbonyl (C=O) groups excluding carboxylic acids is 1. The number of hydrogen-bond donors (Lipinski definition) is 1. The molecule has 2 nitrogen and oxygen atoms in total. The third-order valence-electron chi connectivity index (χ3n) is 6.41. The highest BCUT2D eigenvalue weighted by atomic mass is 79.9. The second-order valence-electron chi connectivity index (χ2n) is 8.20. The van der Waals surface area contributed by atoms with Gasteiger partial charge in [0.05, 0.1) is 5.41 Å². The number of carbonyl (C=O) groups is 1. The second-order valence-corrected chi connectivity index (χ2v) is 9.88. The molecule has 112 valence electrons. The average Bonchev–Trinajstić information content (AvgIpc) is 2.37. The van der Waals surface area contributed by atoms with Gasteiger partial charge in [-0.3, -0.25) is 4.79 Å².